The van der Waals surface area contributed by atoms with Crippen LogP contribution in [0.25, 0.3) is 0 Å². The highest BCUT2D eigenvalue weighted by molar-refractivity contribution is 6.34. The first-order valence-electron chi connectivity index (χ1n) is 11.3. The molecule has 4 rings (SSSR count). The first kappa shape index (κ1) is 22.8. The third kappa shape index (κ3) is 4.55. The zero-order chi connectivity index (χ0) is 22.7. The summed E-state index contributed by atoms with van der Waals surface area (Å²) in [5, 5.41) is 8.30. The van der Waals surface area contributed by atoms with E-state index in [1.54, 1.807) is 12.1 Å². The SMILES string of the molecule is CCc1nn(CCCOC(=O)c2cccc(C)c2Cl)c2c1C(=O)NCC1(CCOCC1)C2. The third-order valence-electron chi connectivity index (χ3n) is 6.57. The quantitative estimate of drug-likeness (QED) is 0.525. The van der Waals surface area contributed by atoms with Crippen LogP contribution in [0.2, 0.25) is 5.02 Å². The van der Waals surface area contributed by atoms with Crippen molar-refractivity contribution in [2.24, 2.45) is 5.41 Å². The number of carbonyl (C=O) groups is 2. The minimum absolute atomic E-state index is 0.0103. The first-order valence-corrected chi connectivity index (χ1v) is 11.7. The van der Waals surface area contributed by atoms with Crippen molar-refractivity contribution in [2.45, 2.75) is 52.5 Å². The van der Waals surface area contributed by atoms with Crippen LogP contribution < -0.4 is 5.32 Å². The predicted octanol–water partition coefficient (Wildman–Crippen LogP) is 3.74. The van der Waals surface area contributed by atoms with Crippen LogP contribution in [0.4, 0.5) is 0 Å². The molecule has 0 saturated carbocycles. The average Bonchev–Trinajstić information content (AvgIpc) is 3.07. The molecule has 0 bridgehead atoms. The Labute approximate surface area is 193 Å². The number of hydrogen-bond donors (Lipinski definition) is 1. The van der Waals surface area contributed by atoms with E-state index in [0.29, 0.717) is 36.5 Å². The van der Waals surface area contributed by atoms with Crippen molar-refractivity contribution in [1.82, 2.24) is 15.1 Å². The molecule has 1 saturated heterocycles. The average molecular weight is 460 g/mol. The molecule has 8 heteroatoms. The van der Waals surface area contributed by atoms with E-state index in [9.17, 15) is 9.59 Å². The van der Waals surface area contributed by atoms with Crippen molar-refractivity contribution in [3.05, 3.63) is 51.3 Å². The van der Waals surface area contributed by atoms with E-state index in [4.69, 9.17) is 26.2 Å². The number of nitrogens with one attached hydrogen (secondary N) is 1. The third-order valence-corrected chi connectivity index (χ3v) is 7.07. The highest BCUT2D eigenvalue weighted by atomic mass is 35.5. The summed E-state index contributed by atoms with van der Waals surface area (Å²) in [5.74, 6) is -0.459. The second kappa shape index (κ2) is 9.63. The molecule has 0 radical (unpaired) electrons. The number of benzene rings is 1. The monoisotopic (exact) mass is 459 g/mol. The zero-order valence-corrected chi connectivity index (χ0v) is 19.5. The van der Waals surface area contributed by atoms with Gasteiger partial charge >= 0.3 is 5.97 Å². The van der Waals surface area contributed by atoms with E-state index in [2.05, 4.69) is 5.32 Å². The standard InChI is InChI=1S/C24H30ClN3O4/c1-3-18-20-19(14-24(15-26-22(20)29)8-12-31-13-9-24)28(27-18)10-5-11-32-23(30)17-7-4-6-16(2)21(17)25/h4,6-7H,3,5,8-15H2,1-2H3,(H,26,29). The van der Waals surface area contributed by atoms with E-state index < -0.39 is 5.97 Å². The predicted molar refractivity (Wildman–Crippen MR) is 121 cm³/mol. The fourth-order valence-corrected chi connectivity index (χ4v) is 4.82. The fourth-order valence-electron chi connectivity index (χ4n) is 4.62. The first-order chi connectivity index (χ1) is 15.4. The van der Waals surface area contributed by atoms with Crippen LogP contribution in [0.1, 0.15) is 63.9 Å². The van der Waals surface area contributed by atoms with Gasteiger partial charge in [-0.15, -0.1) is 0 Å². The molecule has 1 fully saturated rings. The maximum atomic E-state index is 12.9. The molecule has 1 aromatic carbocycles. The molecule has 0 unspecified atom stereocenters. The van der Waals surface area contributed by atoms with E-state index in [-0.39, 0.29) is 17.9 Å². The van der Waals surface area contributed by atoms with Crippen molar-refractivity contribution < 1.29 is 19.1 Å². The number of amides is 1. The van der Waals surface area contributed by atoms with Crippen molar-refractivity contribution >= 4 is 23.5 Å². The smallest absolute Gasteiger partial charge is 0.339 e. The van der Waals surface area contributed by atoms with Gasteiger partial charge in [-0.1, -0.05) is 30.7 Å². The molecule has 0 aliphatic carbocycles. The summed E-state index contributed by atoms with van der Waals surface area (Å²) in [5.41, 5.74) is 3.77. The highest BCUT2D eigenvalue weighted by Gasteiger charge is 2.39. The van der Waals surface area contributed by atoms with Gasteiger partial charge in [-0.25, -0.2) is 4.79 Å². The molecule has 172 valence electrons. The number of halogens is 1. The summed E-state index contributed by atoms with van der Waals surface area (Å²) >= 11 is 6.23. The number of nitrogens with zero attached hydrogens (tertiary/aromatic N) is 2. The van der Waals surface area contributed by atoms with Crippen LogP contribution in [-0.2, 0) is 28.9 Å². The van der Waals surface area contributed by atoms with Crippen molar-refractivity contribution in [1.29, 1.82) is 0 Å². The van der Waals surface area contributed by atoms with E-state index >= 15 is 0 Å². The molecular weight excluding hydrogens is 430 g/mol. The molecule has 7 nitrogen and oxygen atoms in total. The van der Waals surface area contributed by atoms with E-state index in [0.717, 1.165) is 55.0 Å². The van der Waals surface area contributed by atoms with Crippen molar-refractivity contribution in [3.8, 4) is 0 Å². The van der Waals surface area contributed by atoms with E-state index in [1.807, 2.05) is 24.6 Å². The zero-order valence-electron chi connectivity index (χ0n) is 18.7. The Bertz CT molecular complexity index is 1010. The number of aromatic nitrogens is 2. The lowest BCUT2D eigenvalue weighted by atomic mass is 9.76. The fraction of sp³-hybridized carbons (Fsp3) is 0.542. The lowest BCUT2D eigenvalue weighted by molar-refractivity contribution is 0.0152. The molecule has 0 atom stereocenters. The minimum Gasteiger partial charge on any atom is -0.462 e. The van der Waals surface area contributed by atoms with Gasteiger partial charge < -0.3 is 14.8 Å². The Hall–Kier alpha value is -2.38. The van der Waals surface area contributed by atoms with Gasteiger partial charge in [0, 0.05) is 32.7 Å². The van der Waals surface area contributed by atoms with E-state index in [1.165, 1.54) is 0 Å². The number of ether oxygens (including phenoxy) is 2. The number of hydrogen-bond acceptors (Lipinski definition) is 5. The Kier molecular flexibility index (Phi) is 6.86. The number of fused-ring (bicyclic) bond motifs is 1. The maximum absolute atomic E-state index is 12.9. The molecule has 1 aromatic heterocycles. The number of carbonyl (C=O) groups excluding carboxylic acids is 2. The van der Waals surface area contributed by atoms with Gasteiger partial charge in [0.25, 0.3) is 5.91 Å². The maximum Gasteiger partial charge on any atom is 0.339 e. The molecule has 2 aliphatic rings. The molecule has 1 spiro atoms. The molecule has 2 aliphatic heterocycles. The molecule has 2 aromatic rings. The van der Waals surface area contributed by atoms with Crippen molar-refractivity contribution in [2.75, 3.05) is 26.4 Å². The summed E-state index contributed by atoms with van der Waals surface area (Å²) in [4.78, 5) is 25.3. The largest absolute Gasteiger partial charge is 0.462 e. The minimum atomic E-state index is -0.423. The summed E-state index contributed by atoms with van der Waals surface area (Å²) in [6, 6.07) is 5.32. The van der Waals surface area contributed by atoms with Crippen LogP contribution in [-0.4, -0.2) is 48.0 Å². The molecule has 3 heterocycles. The second-order valence-electron chi connectivity index (χ2n) is 8.74. The van der Waals surface area contributed by atoms with Gasteiger partial charge in [0.05, 0.1) is 34.1 Å². The van der Waals surface area contributed by atoms with Crippen LogP contribution in [0.5, 0.6) is 0 Å². The van der Waals surface area contributed by atoms with Crippen LogP contribution >= 0.6 is 11.6 Å². The normalized spacial score (nSPS) is 17.5. The second-order valence-corrected chi connectivity index (χ2v) is 9.12. The van der Waals surface area contributed by atoms with Crippen LogP contribution in [0.15, 0.2) is 18.2 Å². The Morgan fingerprint density at radius 1 is 1.34 bits per heavy atom. The molecule has 32 heavy (non-hydrogen) atoms. The Morgan fingerprint density at radius 2 is 2.12 bits per heavy atom. The molecule has 1 amide bonds. The number of aryl methyl sites for hydroxylation is 3. The highest BCUT2D eigenvalue weighted by Crippen LogP contribution is 2.37. The summed E-state index contributed by atoms with van der Waals surface area (Å²) in [7, 11) is 0. The van der Waals surface area contributed by atoms with Gasteiger partial charge in [-0.3, -0.25) is 9.48 Å². The lowest BCUT2D eigenvalue weighted by Gasteiger charge is -2.36. The van der Waals surface area contributed by atoms with Gasteiger partial charge in [-0.05, 0) is 49.7 Å². The number of esters is 1. The Morgan fingerprint density at radius 3 is 2.88 bits per heavy atom. The molecular formula is C24H30ClN3O4. The van der Waals surface area contributed by atoms with Crippen molar-refractivity contribution in [3.63, 3.8) is 0 Å². The van der Waals surface area contributed by atoms with Gasteiger partial charge in [-0.2, -0.15) is 5.10 Å². The van der Waals surface area contributed by atoms with Gasteiger partial charge in [0.1, 0.15) is 0 Å². The Balaban J connectivity index is 1.46. The van der Waals surface area contributed by atoms with Crippen LogP contribution in [0.3, 0.4) is 0 Å². The summed E-state index contributed by atoms with van der Waals surface area (Å²) in [6.07, 6.45) is 3.95. The number of rotatable bonds is 6. The van der Waals surface area contributed by atoms with Gasteiger partial charge in [0.2, 0.25) is 0 Å². The molecule has 1 N–H and O–H groups in total. The topological polar surface area (TPSA) is 82.5 Å². The summed E-state index contributed by atoms with van der Waals surface area (Å²) in [6.45, 7) is 6.82. The van der Waals surface area contributed by atoms with Crippen LogP contribution in [0, 0.1) is 12.3 Å². The summed E-state index contributed by atoms with van der Waals surface area (Å²) < 4.78 is 13.0. The lowest BCUT2D eigenvalue weighted by Crippen LogP contribution is -2.40. The van der Waals surface area contributed by atoms with Gasteiger partial charge in [0.15, 0.2) is 0 Å².